The zero-order valence-electron chi connectivity index (χ0n) is 8.91. The van der Waals surface area contributed by atoms with Crippen LogP contribution < -0.4 is 11.3 Å². The highest BCUT2D eigenvalue weighted by atomic mass is 15.3. The molecule has 3 heteroatoms. The molecule has 0 saturated carbocycles. The first-order valence-corrected chi connectivity index (χ1v) is 4.75. The lowest BCUT2D eigenvalue weighted by atomic mass is 10.1. The SMILES string of the molecule is Cc1ccccc1C(=NC(C)C)NN. The number of rotatable bonds is 2. The highest BCUT2D eigenvalue weighted by Crippen LogP contribution is 2.07. The van der Waals surface area contributed by atoms with E-state index < -0.39 is 0 Å². The van der Waals surface area contributed by atoms with Crippen LogP contribution in [0.15, 0.2) is 29.3 Å². The molecule has 3 nitrogen and oxygen atoms in total. The zero-order valence-corrected chi connectivity index (χ0v) is 8.91. The fraction of sp³-hybridized carbons (Fsp3) is 0.364. The Morgan fingerprint density at radius 2 is 2.00 bits per heavy atom. The van der Waals surface area contributed by atoms with Crippen molar-refractivity contribution in [1.82, 2.24) is 5.43 Å². The average molecular weight is 191 g/mol. The van der Waals surface area contributed by atoms with E-state index in [2.05, 4.69) is 10.4 Å². The van der Waals surface area contributed by atoms with Gasteiger partial charge in [-0.2, -0.15) is 0 Å². The minimum Gasteiger partial charge on any atom is -0.308 e. The van der Waals surface area contributed by atoms with Crippen molar-refractivity contribution in [1.29, 1.82) is 0 Å². The molecule has 1 rings (SSSR count). The summed E-state index contributed by atoms with van der Waals surface area (Å²) < 4.78 is 0. The molecule has 0 unspecified atom stereocenters. The van der Waals surface area contributed by atoms with E-state index in [-0.39, 0.29) is 6.04 Å². The van der Waals surface area contributed by atoms with E-state index in [9.17, 15) is 0 Å². The largest absolute Gasteiger partial charge is 0.308 e. The summed E-state index contributed by atoms with van der Waals surface area (Å²) in [6.07, 6.45) is 0. The van der Waals surface area contributed by atoms with Gasteiger partial charge >= 0.3 is 0 Å². The maximum atomic E-state index is 5.44. The fourth-order valence-corrected chi connectivity index (χ4v) is 1.28. The van der Waals surface area contributed by atoms with Crippen LogP contribution >= 0.6 is 0 Å². The monoisotopic (exact) mass is 191 g/mol. The first kappa shape index (κ1) is 10.7. The van der Waals surface area contributed by atoms with Crippen LogP contribution in [0.1, 0.15) is 25.0 Å². The summed E-state index contributed by atoms with van der Waals surface area (Å²) in [7, 11) is 0. The Labute approximate surface area is 85.0 Å². The Morgan fingerprint density at radius 1 is 1.36 bits per heavy atom. The van der Waals surface area contributed by atoms with Gasteiger partial charge in [0, 0.05) is 11.6 Å². The van der Waals surface area contributed by atoms with Crippen molar-refractivity contribution in [2.24, 2.45) is 10.8 Å². The second-order valence-corrected chi connectivity index (χ2v) is 3.53. The zero-order chi connectivity index (χ0) is 10.6. The Bertz CT molecular complexity index is 329. The predicted molar refractivity (Wildman–Crippen MR) is 60.2 cm³/mol. The molecule has 0 aliphatic carbocycles. The number of hydrogen-bond acceptors (Lipinski definition) is 2. The van der Waals surface area contributed by atoms with Crippen molar-refractivity contribution in [3.8, 4) is 0 Å². The van der Waals surface area contributed by atoms with E-state index >= 15 is 0 Å². The molecule has 0 aliphatic heterocycles. The van der Waals surface area contributed by atoms with Gasteiger partial charge in [0.05, 0.1) is 0 Å². The molecule has 0 aliphatic rings. The number of hydrogen-bond donors (Lipinski definition) is 2. The van der Waals surface area contributed by atoms with Crippen LogP contribution in [-0.4, -0.2) is 11.9 Å². The number of nitrogens with one attached hydrogen (secondary N) is 1. The van der Waals surface area contributed by atoms with E-state index in [1.807, 2.05) is 45.0 Å². The molecule has 76 valence electrons. The van der Waals surface area contributed by atoms with Crippen LogP contribution in [0.2, 0.25) is 0 Å². The Balaban J connectivity index is 3.07. The summed E-state index contributed by atoms with van der Waals surface area (Å²) in [5.41, 5.74) is 4.87. The van der Waals surface area contributed by atoms with E-state index in [1.165, 1.54) is 5.56 Å². The molecule has 0 bridgehead atoms. The van der Waals surface area contributed by atoms with Gasteiger partial charge in [0.1, 0.15) is 5.84 Å². The molecule has 0 amide bonds. The molecule has 14 heavy (non-hydrogen) atoms. The molecule has 0 saturated heterocycles. The first-order chi connectivity index (χ1) is 6.65. The summed E-state index contributed by atoms with van der Waals surface area (Å²) in [6, 6.07) is 8.28. The minimum atomic E-state index is 0.237. The van der Waals surface area contributed by atoms with Crippen molar-refractivity contribution >= 4 is 5.84 Å². The lowest BCUT2D eigenvalue weighted by Crippen LogP contribution is -2.32. The molecular formula is C11H17N3. The fourth-order valence-electron chi connectivity index (χ4n) is 1.28. The maximum absolute atomic E-state index is 5.44. The van der Waals surface area contributed by atoms with Crippen LogP contribution in [0.25, 0.3) is 0 Å². The van der Waals surface area contributed by atoms with E-state index in [4.69, 9.17) is 5.84 Å². The van der Waals surface area contributed by atoms with Crippen LogP contribution in [0.4, 0.5) is 0 Å². The molecule has 0 atom stereocenters. The van der Waals surface area contributed by atoms with Gasteiger partial charge in [-0.15, -0.1) is 0 Å². The van der Waals surface area contributed by atoms with Crippen molar-refractivity contribution in [2.45, 2.75) is 26.8 Å². The smallest absolute Gasteiger partial charge is 0.143 e. The second kappa shape index (κ2) is 4.77. The van der Waals surface area contributed by atoms with Crippen molar-refractivity contribution in [3.05, 3.63) is 35.4 Å². The quantitative estimate of drug-likeness (QED) is 0.323. The third-order valence-electron chi connectivity index (χ3n) is 1.92. The molecule has 0 radical (unpaired) electrons. The summed E-state index contributed by atoms with van der Waals surface area (Å²) in [5, 5.41) is 0. The predicted octanol–water partition coefficient (Wildman–Crippen LogP) is 1.61. The Hall–Kier alpha value is -1.35. The average Bonchev–Trinajstić information content (AvgIpc) is 2.15. The maximum Gasteiger partial charge on any atom is 0.143 e. The van der Waals surface area contributed by atoms with Gasteiger partial charge in [0.2, 0.25) is 0 Å². The van der Waals surface area contributed by atoms with Crippen molar-refractivity contribution in [2.75, 3.05) is 0 Å². The van der Waals surface area contributed by atoms with Gasteiger partial charge in [0.25, 0.3) is 0 Å². The first-order valence-electron chi connectivity index (χ1n) is 4.75. The van der Waals surface area contributed by atoms with Gasteiger partial charge in [-0.25, -0.2) is 5.84 Å². The topological polar surface area (TPSA) is 50.4 Å². The molecular weight excluding hydrogens is 174 g/mol. The third kappa shape index (κ3) is 2.57. The van der Waals surface area contributed by atoms with E-state index in [1.54, 1.807) is 0 Å². The van der Waals surface area contributed by atoms with Gasteiger partial charge < -0.3 is 5.43 Å². The van der Waals surface area contributed by atoms with Gasteiger partial charge in [-0.3, -0.25) is 4.99 Å². The highest BCUT2D eigenvalue weighted by molar-refractivity contribution is 5.99. The molecule has 0 spiro atoms. The lowest BCUT2D eigenvalue weighted by Gasteiger charge is -2.10. The molecule has 0 fully saturated rings. The Morgan fingerprint density at radius 3 is 2.50 bits per heavy atom. The lowest BCUT2D eigenvalue weighted by molar-refractivity contribution is 0.820. The standard InChI is InChI=1S/C11H17N3/c1-8(2)13-11(14-12)10-7-5-4-6-9(10)3/h4-8H,12H2,1-3H3,(H,13,14). The molecule has 3 N–H and O–H groups in total. The van der Waals surface area contributed by atoms with E-state index in [0.717, 1.165) is 11.4 Å². The van der Waals surface area contributed by atoms with Crippen molar-refractivity contribution < 1.29 is 0 Å². The highest BCUT2D eigenvalue weighted by Gasteiger charge is 2.04. The second-order valence-electron chi connectivity index (χ2n) is 3.53. The molecule has 0 aromatic heterocycles. The molecule has 1 aromatic carbocycles. The van der Waals surface area contributed by atoms with Gasteiger partial charge in [-0.1, -0.05) is 24.3 Å². The molecule has 1 aromatic rings. The minimum absolute atomic E-state index is 0.237. The van der Waals surface area contributed by atoms with Crippen LogP contribution in [-0.2, 0) is 0 Å². The van der Waals surface area contributed by atoms with Gasteiger partial charge in [0.15, 0.2) is 0 Å². The number of aryl methyl sites for hydroxylation is 1. The summed E-state index contributed by atoms with van der Waals surface area (Å²) in [6.45, 7) is 6.09. The van der Waals surface area contributed by atoms with Crippen LogP contribution in [0.5, 0.6) is 0 Å². The number of aliphatic imine (C=N–C) groups is 1. The summed E-state index contributed by atoms with van der Waals surface area (Å²) >= 11 is 0. The van der Waals surface area contributed by atoms with Crippen LogP contribution in [0, 0.1) is 6.92 Å². The number of nitrogens with two attached hydrogens (primary N) is 1. The Kier molecular flexibility index (Phi) is 3.65. The number of nitrogens with zero attached hydrogens (tertiary/aromatic N) is 1. The normalized spacial score (nSPS) is 11.9. The van der Waals surface area contributed by atoms with Crippen molar-refractivity contribution in [3.63, 3.8) is 0 Å². The number of amidine groups is 1. The number of hydrazine groups is 1. The van der Waals surface area contributed by atoms with E-state index in [0.29, 0.717) is 0 Å². The summed E-state index contributed by atoms with van der Waals surface area (Å²) in [5.74, 6) is 6.19. The van der Waals surface area contributed by atoms with Crippen LogP contribution in [0.3, 0.4) is 0 Å². The number of benzene rings is 1. The third-order valence-corrected chi connectivity index (χ3v) is 1.92. The summed E-state index contributed by atoms with van der Waals surface area (Å²) in [4.78, 5) is 4.41. The van der Waals surface area contributed by atoms with Gasteiger partial charge in [-0.05, 0) is 26.3 Å². The molecule has 0 heterocycles.